The SMILES string of the molecule is O=C(Cc1ccccn1)N[C@H](/C=C/S(=O)(=O)c1ccccc1)CCc1ccccc1. The minimum Gasteiger partial charge on any atom is -0.350 e. The van der Waals surface area contributed by atoms with Crippen molar-refractivity contribution in [3.05, 3.63) is 108 Å². The molecule has 1 amide bonds. The number of nitrogens with zero attached hydrogens (tertiary/aromatic N) is 1. The Labute approximate surface area is 177 Å². The number of rotatable bonds is 9. The lowest BCUT2D eigenvalue weighted by Crippen LogP contribution is -2.35. The molecule has 0 radical (unpaired) electrons. The van der Waals surface area contributed by atoms with Gasteiger partial charge < -0.3 is 5.32 Å². The van der Waals surface area contributed by atoms with Crippen LogP contribution < -0.4 is 5.32 Å². The van der Waals surface area contributed by atoms with E-state index in [0.29, 0.717) is 18.5 Å². The van der Waals surface area contributed by atoms with E-state index < -0.39 is 15.9 Å². The van der Waals surface area contributed by atoms with Crippen LogP contribution in [0.15, 0.2) is 101 Å². The summed E-state index contributed by atoms with van der Waals surface area (Å²) in [5.74, 6) is -0.200. The van der Waals surface area contributed by atoms with Crippen LogP contribution in [0.4, 0.5) is 0 Å². The summed E-state index contributed by atoms with van der Waals surface area (Å²) in [5.41, 5.74) is 1.79. The number of hydrogen-bond acceptors (Lipinski definition) is 4. The second-order valence-corrected chi connectivity index (χ2v) is 8.72. The van der Waals surface area contributed by atoms with Gasteiger partial charge in [0.05, 0.1) is 11.3 Å². The molecule has 0 saturated carbocycles. The fourth-order valence-electron chi connectivity index (χ4n) is 3.00. The molecule has 0 bridgehead atoms. The lowest BCUT2D eigenvalue weighted by Gasteiger charge is -2.15. The predicted octanol–water partition coefficient (Wildman–Crippen LogP) is 3.73. The molecule has 3 rings (SSSR count). The predicted molar refractivity (Wildman–Crippen MR) is 117 cm³/mol. The van der Waals surface area contributed by atoms with Crippen molar-refractivity contribution < 1.29 is 13.2 Å². The molecular formula is C24H24N2O3S. The molecule has 0 unspecified atom stereocenters. The quantitative estimate of drug-likeness (QED) is 0.572. The van der Waals surface area contributed by atoms with E-state index in [1.54, 1.807) is 54.7 Å². The van der Waals surface area contributed by atoms with Gasteiger partial charge in [0.2, 0.25) is 5.91 Å². The number of pyridine rings is 1. The van der Waals surface area contributed by atoms with Gasteiger partial charge in [-0.1, -0.05) is 60.7 Å². The van der Waals surface area contributed by atoms with Crippen LogP contribution in [0.1, 0.15) is 17.7 Å². The molecule has 1 atom stereocenters. The maximum absolute atomic E-state index is 12.6. The minimum absolute atomic E-state index is 0.141. The van der Waals surface area contributed by atoms with Gasteiger partial charge in [0.1, 0.15) is 0 Å². The summed E-state index contributed by atoms with van der Waals surface area (Å²) >= 11 is 0. The van der Waals surface area contributed by atoms with Crippen molar-refractivity contribution in [1.82, 2.24) is 10.3 Å². The van der Waals surface area contributed by atoms with E-state index in [4.69, 9.17) is 0 Å². The van der Waals surface area contributed by atoms with Gasteiger partial charge in [-0.25, -0.2) is 8.42 Å². The number of benzene rings is 2. The van der Waals surface area contributed by atoms with Crippen LogP contribution in [0.2, 0.25) is 0 Å². The molecule has 0 fully saturated rings. The number of sulfone groups is 1. The zero-order chi connectivity index (χ0) is 21.2. The first-order chi connectivity index (χ1) is 14.5. The first-order valence-electron chi connectivity index (χ1n) is 9.74. The molecule has 0 aliphatic carbocycles. The molecule has 1 heterocycles. The summed E-state index contributed by atoms with van der Waals surface area (Å²) < 4.78 is 25.2. The second-order valence-electron chi connectivity index (χ2n) is 6.88. The molecule has 0 aliphatic rings. The highest BCUT2D eigenvalue weighted by atomic mass is 32.2. The third kappa shape index (κ3) is 6.67. The van der Waals surface area contributed by atoms with Crippen LogP contribution in [-0.2, 0) is 27.5 Å². The Bertz CT molecular complexity index is 1070. The van der Waals surface area contributed by atoms with Crippen LogP contribution in [0, 0.1) is 0 Å². The monoisotopic (exact) mass is 420 g/mol. The van der Waals surface area contributed by atoms with Crippen molar-refractivity contribution in [2.75, 3.05) is 0 Å². The molecule has 3 aromatic rings. The second kappa shape index (κ2) is 10.5. The molecular weight excluding hydrogens is 396 g/mol. The number of hydrogen-bond donors (Lipinski definition) is 1. The van der Waals surface area contributed by atoms with E-state index in [2.05, 4.69) is 10.3 Å². The van der Waals surface area contributed by atoms with Crippen molar-refractivity contribution >= 4 is 15.7 Å². The van der Waals surface area contributed by atoms with E-state index in [0.717, 1.165) is 5.56 Å². The third-order valence-corrected chi connectivity index (χ3v) is 6.01. The highest BCUT2D eigenvalue weighted by Crippen LogP contribution is 2.13. The first-order valence-corrected chi connectivity index (χ1v) is 11.3. The standard InChI is InChI=1S/C24H24N2O3S/c27-24(19-22-11-7-8-17-25-22)26-21(15-14-20-9-3-1-4-10-20)16-18-30(28,29)23-12-5-2-6-13-23/h1-13,16-18,21H,14-15,19H2,(H,26,27)/b18-16+/t21-/m0/s1. The molecule has 2 aromatic carbocycles. The van der Waals surface area contributed by atoms with E-state index in [1.807, 2.05) is 36.4 Å². The Morgan fingerprint density at radius 1 is 0.933 bits per heavy atom. The molecule has 6 heteroatoms. The molecule has 1 N–H and O–H groups in total. The van der Waals surface area contributed by atoms with Gasteiger partial charge in [0.25, 0.3) is 0 Å². The lowest BCUT2D eigenvalue weighted by molar-refractivity contribution is -0.120. The highest BCUT2D eigenvalue weighted by Gasteiger charge is 2.14. The van der Waals surface area contributed by atoms with Gasteiger partial charge in [0.15, 0.2) is 9.84 Å². The molecule has 154 valence electrons. The summed E-state index contributed by atoms with van der Waals surface area (Å²) in [7, 11) is -3.58. The first kappa shape index (κ1) is 21.5. The van der Waals surface area contributed by atoms with E-state index in [9.17, 15) is 13.2 Å². The van der Waals surface area contributed by atoms with Crippen LogP contribution >= 0.6 is 0 Å². The molecule has 5 nitrogen and oxygen atoms in total. The van der Waals surface area contributed by atoms with Crippen molar-refractivity contribution in [2.45, 2.75) is 30.2 Å². The Morgan fingerprint density at radius 3 is 2.27 bits per heavy atom. The number of carbonyl (C=O) groups excluding carboxylic acids is 1. The van der Waals surface area contributed by atoms with Crippen molar-refractivity contribution in [3.63, 3.8) is 0 Å². The van der Waals surface area contributed by atoms with Crippen LogP contribution in [0.5, 0.6) is 0 Å². The number of aryl methyl sites for hydroxylation is 1. The number of amides is 1. The van der Waals surface area contributed by atoms with Gasteiger partial charge in [-0.05, 0) is 42.7 Å². The average Bonchev–Trinajstić information content (AvgIpc) is 2.77. The Balaban J connectivity index is 1.72. The summed E-state index contributed by atoms with van der Waals surface area (Å²) in [4.78, 5) is 16.9. The summed E-state index contributed by atoms with van der Waals surface area (Å²) in [6.45, 7) is 0. The summed E-state index contributed by atoms with van der Waals surface area (Å²) in [6.07, 6.45) is 4.63. The van der Waals surface area contributed by atoms with Gasteiger partial charge >= 0.3 is 0 Å². The van der Waals surface area contributed by atoms with Crippen molar-refractivity contribution in [1.29, 1.82) is 0 Å². The van der Waals surface area contributed by atoms with Gasteiger partial charge in [-0.3, -0.25) is 9.78 Å². The smallest absolute Gasteiger partial charge is 0.226 e. The van der Waals surface area contributed by atoms with Gasteiger partial charge in [-0.15, -0.1) is 0 Å². The van der Waals surface area contributed by atoms with Crippen LogP contribution in [0.25, 0.3) is 0 Å². The number of nitrogens with one attached hydrogen (secondary N) is 1. The molecule has 30 heavy (non-hydrogen) atoms. The van der Waals surface area contributed by atoms with E-state index in [1.165, 1.54) is 5.41 Å². The highest BCUT2D eigenvalue weighted by molar-refractivity contribution is 7.94. The zero-order valence-corrected chi connectivity index (χ0v) is 17.3. The average molecular weight is 421 g/mol. The fraction of sp³-hybridized carbons (Fsp3) is 0.167. The number of aromatic nitrogens is 1. The van der Waals surface area contributed by atoms with E-state index in [-0.39, 0.29) is 17.2 Å². The summed E-state index contributed by atoms with van der Waals surface area (Å²) in [5, 5.41) is 4.11. The van der Waals surface area contributed by atoms with Crippen molar-refractivity contribution in [2.24, 2.45) is 0 Å². The maximum Gasteiger partial charge on any atom is 0.226 e. The third-order valence-electron chi connectivity index (χ3n) is 4.56. The van der Waals surface area contributed by atoms with Gasteiger partial charge in [0, 0.05) is 23.3 Å². The minimum atomic E-state index is -3.58. The lowest BCUT2D eigenvalue weighted by atomic mass is 10.1. The molecule has 0 spiro atoms. The largest absolute Gasteiger partial charge is 0.350 e. The Hall–Kier alpha value is -3.25. The Kier molecular flexibility index (Phi) is 7.51. The van der Waals surface area contributed by atoms with Crippen molar-refractivity contribution in [3.8, 4) is 0 Å². The molecule has 0 aliphatic heterocycles. The molecule has 1 aromatic heterocycles. The fourth-order valence-corrected chi connectivity index (χ4v) is 4.09. The van der Waals surface area contributed by atoms with E-state index >= 15 is 0 Å². The Morgan fingerprint density at radius 2 is 1.60 bits per heavy atom. The summed E-state index contributed by atoms with van der Waals surface area (Å²) in [6, 6.07) is 23.1. The van der Waals surface area contributed by atoms with Gasteiger partial charge in [-0.2, -0.15) is 0 Å². The molecule has 0 saturated heterocycles. The topological polar surface area (TPSA) is 76.1 Å². The normalized spacial score (nSPS) is 12.5. The zero-order valence-electron chi connectivity index (χ0n) is 16.5. The van der Waals surface area contributed by atoms with Crippen LogP contribution in [0.3, 0.4) is 0 Å². The van der Waals surface area contributed by atoms with Crippen LogP contribution in [-0.4, -0.2) is 25.4 Å². The number of carbonyl (C=O) groups is 1. The maximum atomic E-state index is 12.6.